The first kappa shape index (κ1) is 22.3. The van der Waals surface area contributed by atoms with Crippen molar-refractivity contribution in [2.24, 2.45) is 0 Å². The topological polar surface area (TPSA) is 73.2 Å². The minimum atomic E-state index is -0.629. The SMILES string of the molecule is O=C(COC(=O)c1cc(-c2cccs2)nn1-c1ccccc1)Nc1ccccc1-c1ccccc1. The summed E-state index contributed by atoms with van der Waals surface area (Å²) >= 11 is 1.53. The van der Waals surface area contributed by atoms with Crippen LogP contribution in [0.3, 0.4) is 0 Å². The van der Waals surface area contributed by atoms with Gasteiger partial charge in [-0.25, -0.2) is 9.48 Å². The molecule has 35 heavy (non-hydrogen) atoms. The van der Waals surface area contributed by atoms with Crippen molar-refractivity contribution in [3.05, 3.63) is 114 Å². The van der Waals surface area contributed by atoms with E-state index in [2.05, 4.69) is 10.4 Å². The Morgan fingerprint density at radius 3 is 2.31 bits per heavy atom. The standard InChI is InChI=1S/C28H21N3O3S/c32-27(29-23-15-8-7-14-22(23)20-10-3-1-4-11-20)19-34-28(33)25-18-24(26-16-9-17-35-26)30-31(25)21-12-5-2-6-13-21/h1-18H,19H2,(H,29,32). The van der Waals surface area contributed by atoms with E-state index in [9.17, 15) is 9.59 Å². The summed E-state index contributed by atoms with van der Waals surface area (Å²) in [4.78, 5) is 26.6. The lowest BCUT2D eigenvalue weighted by atomic mass is 10.0. The molecule has 0 saturated heterocycles. The number of anilines is 1. The highest BCUT2D eigenvalue weighted by Crippen LogP contribution is 2.28. The molecule has 6 nitrogen and oxygen atoms in total. The zero-order valence-electron chi connectivity index (χ0n) is 18.6. The lowest BCUT2D eigenvalue weighted by molar-refractivity contribution is -0.119. The van der Waals surface area contributed by atoms with E-state index in [0.29, 0.717) is 11.4 Å². The number of carbonyl (C=O) groups excluding carboxylic acids is 2. The average molecular weight is 480 g/mol. The maximum atomic E-state index is 13.0. The fraction of sp³-hybridized carbons (Fsp3) is 0.0357. The number of ether oxygens (including phenoxy) is 1. The summed E-state index contributed by atoms with van der Waals surface area (Å²) < 4.78 is 6.93. The van der Waals surface area contributed by atoms with Gasteiger partial charge in [-0.2, -0.15) is 5.10 Å². The Labute approximate surface area is 206 Å². The molecule has 1 amide bonds. The van der Waals surface area contributed by atoms with E-state index in [1.54, 1.807) is 10.7 Å². The third-order valence-corrected chi connectivity index (χ3v) is 6.21. The molecule has 0 aliphatic carbocycles. The number of benzene rings is 3. The van der Waals surface area contributed by atoms with Crippen LogP contribution in [0.2, 0.25) is 0 Å². The Kier molecular flexibility index (Phi) is 6.50. The minimum absolute atomic E-state index is 0.247. The van der Waals surface area contributed by atoms with Crippen LogP contribution in [-0.2, 0) is 9.53 Å². The van der Waals surface area contributed by atoms with Gasteiger partial charge in [-0.3, -0.25) is 4.79 Å². The second-order valence-corrected chi connectivity index (χ2v) is 8.62. The number of nitrogens with zero attached hydrogens (tertiary/aromatic N) is 2. The van der Waals surface area contributed by atoms with Crippen LogP contribution in [0.5, 0.6) is 0 Å². The van der Waals surface area contributed by atoms with Gasteiger partial charge in [-0.05, 0) is 35.2 Å². The molecule has 7 heteroatoms. The van der Waals surface area contributed by atoms with Gasteiger partial charge in [0.2, 0.25) is 0 Å². The van der Waals surface area contributed by atoms with E-state index in [0.717, 1.165) is 21.7 Å². The molecule has 0 saturated carbocycles. The van der Waals surface area contributed by atoms with Gasteiger partial charge >= 0.3 is 5.97 Å². The quantitative estimate of drug-likeness (QED) is 0.288. The van der Waals surface area contributed by atoms with Crippen LogP contribution in [0.1, 0.15) is 10.5 Å². The fourth-order valence-corrected chi connectivity index (χ4v) is 4.37. The summed E-state index contributed by atoms with van der Waals surface area (Å²) in [6.07, 6.45) is 0. The van der Waals surface area contributed by atoms with Crippen LogP contribution in [0.4, 0.5) is 5.69 Å². The average Bonchev–Trinajstić information content (AvgIpc) is 3.59. The van der Waals surface area contributed by atoms with E-state index in [1.807, 2.05) is 102 Å². The molecule has 1 N–H and O–H groups in total. The molecule has 2 heterocycles. The normalized spacial score (nSPS) is 10.6. The van der Waals surface area contributed by atoms with E-state index in [4.69, 9.17) is 4.74 Å². The maximum absolute atomic E-state index is 13.0. The number of rotatable bonds is 7. The van der Waals surface area contributed by atoms with Crippen molar-refractivity contribution in [1.82, 2.24) is 9.78 Å². The summed E-state index contributed by atoms with van der Waals surface area (Å²) in [6, 6.07) is 32.2. The predicted molar refractivity (Wildman–Crippen MR) is 138 cm³/mol. The van der Waals surface area contributed by atoms with Crippen molar-refractivity contribution in [2.75, 3.05) is 11.9 Å². The summed E-state index contributed by atoms with van der Waals surface area (Å²) in [5.74, 6) is -1.05. The minimum Gasteiger partial charge on any atom is -0.451 e. The zero-order chi connectivity index (χ0) is 24.0. The highest BCUT2D eigenvalue weighted by Gasteiger charge is 2.20. The molecule has 5 aromatic rings. The molecule has 2 aromatic heterocycles. The van der Waals surface area contributed by atoms with Gasteiger partial charge in [0.15, 0.2) is 12.3 Å². The van der Waals surface area contributed by atoms with Gasteiger partial charge < -0.3 is 10.1 Å². The molecule has 0 spiro atoms. The van der Waals surface area contributed by atoms with Crippen molar-refractivity contribution in [3.63, 3.8) is 0 Å². The van der Waals surface area contributed by atoms with Gasteiger partial charge in [0.05, 0.1) is 10.6 Å². The number of hydrogen-bond acceptors (Lipinski definition) is 5. The van der Waals surface area contributed by atoms with E-state index in [-0.39, 0.29) is 5.69 Å². The van der Waals surface area contributed by atoms with Crippen molar-refractivity contribution in [2.45, 2.75) is 0 Å². The third kappa shape index (κ3) is 5.05. The van der Waals surface area contributed by atoms with Gasteiger partial charge in [-0.15, -0.1) is 11.3 Å². The van der Waals surface area contributed by atoms with Crippen LogP contribution in [0.25, 0.3) is 27.4 Å². The first-order chi connectivity index (χ1) is 17.2. The lowest BCUT2D eigenvalue weighted by Gasteiger charge is -2.12. The van der Waals surface area contributed by atoms with E-state index >= 15 is 0 Å². The van der Waals surface area contributed by atoms with Crippen LogP contribution in [0.15, 0.2) is 109 Å². The van der Waals surface area contributed by atoms with Crippen LogP contribution in [-0.4, -0.2) is 28.3 Å². The third-order valence-electron chi connectivity index (χ3n) is 5.31. The summed E-state index contributed by atoms with van der Waals surface area (Å²) in [6.45, 7) is -0.420. The first-order valence-electron chi connectivity index (χ1n) is 11.0. The van der Waals surface area contributed by atoms with Crippen molar-refractivity contribution in [1.29, 1.82) is 0 Å². The van der Waals surface area contributed by atoms with Gasteiger partial charge in [0, 0.05) is 17.3 Å². The van der Waals surface area contributed by atoms with E-state index < -0.39 is 18.5 Å². The molecule has 0 aliphatic rings. The molecule has 0 bridgehead atoms. The second kappa shape index (κ2) is 10.2. The van der Waals surface area contributed by atoms with Crippen molar-refractivity contribution < 1.29 is 14.3 Å². The molecule has 0 unspecified atom stereocenters. The van der Waals surface area contributed by atoms with Gasteiger partial charge in [0.1, 0.15) is 5.69 Å². The molecule has 3 aromatic carbocycles. The molecule has 172 valence electrons. The summed E-state index contributed by atoms with van der Waals surface area (Å²) in [5.41, 5.74) is 4.15. The number of nitrogens with one attached hydrogen (secondary N) is 1. The predicted octanol–water partition coefficient (Wildman–Crippen LogP) is 6.06. The summed E-state index contributed by atoms with van der Waals surface area (Å²) in [5, 5.41) is 9.41. The summed E-state index contributed by atoms with van der Waals surface area (Å²) in [7, 11) is 0. The Morgan fingerprint density at radius 1 is 0.857 bits per heavy atom. The fourth-order valence-electron chi connectivity index (χ4n) is 3.69. The van der Waals surface area contributed by atoms with E-state index in [1.165, 1.54) is 11.3 Å². The first-order valence-corrected chi connectivity index (χ1v) is 11.9. The smallest absolute Gasteiger partial charge is 0.357 e. The Bertz CT molecular complexity index is 1450. The number of hydrogen-bond donors (Lipinski definition) is 1. The van der Waals surface area contributed by atoms with Crippen molar-refractivity contribution >= 4 is 28.9 Å². The zero-order valence-corrected chi connectivity index (χ0v) is 19.4. The number of para-hydroxylation sites is 2. The molecule has 0 atom stereocenters. The highest BCUT2D eigenvalue weighted by molar-refractivity contribution is 7.13. The number of carbonyl (C=O) groups is 2. The molecule has 5 rings (SSSR count). The monoisotopic (exact) mass is 479 g/mol. The molecular formula is C28H21N3O3S. The molecular weight excluding hydrogens is 458 g/mol. The lowest BCUT2D eigenvalue weighted by Crippen LogP contribution is -2.22. The van der Waals surface area contributed by atoms with Crippen molar-refractivity contribution in [3.8, 4) is 27.4 Å². The Morgan fingerprint density at radius 2 is 1.57 bits per heavy atom. The van der Waals surface area contributed by atoms with Gasteiger partial charge in [0.25, 0.3) is 5.91 Å². The number of esters is 1. The Balaban J connectivity index is 1.33. The number of amides is 1. The second-order valence-electron chi connectivity index (χ2n) is 7.68. The Hall–Kier alpha value is -4.49. The van der Waals surface area contributed by atoms with Crippen LogP contribution < -0.4 is 5.32 Å². The molecule has 0 fully saturated rings. The van der Waals surface area contributed by atoms with Crippen LogP contribution in [0, 0.1) is 0 Å². The highest BCUT2D eigenvalue weighted by atomic mass is 32.1. The maximum Gasteiger partial charge on any atom is 0.357 e. The molecule has 0 aliphatic heterocycles. The number of thiophene rings is 1. The van der Waals surface area contributed by atoms with Gasteiger partial charge in [-0.1, -0.05) is 72.8 Å². The number of aromatic nitrogens is 2. The largest absolute Gasteiger partial charge is 0.451 e. The van der Waals surface area contributed by atoms with Crippen LogP contribution >= 0.6 is 11.3 Å². The molecule has 0 radical (unpaired) electrons.